The van der Waals surface area contributed by atoms with Gasteiger partial charge < -0.3 is 15.2 Å². The lowest BCUT2D eigenvalue weighted by molar-refractivity contribution is 0.304. The van der Waals surface area contributed by atoms with Crippen LogP contribution in [0.25, 0.3) is 0 Å². The molecule has 2 N–H and O–H groups in total. The summed E-state index contributed by atoms with van der Waals surface area (Å²) in [6.07, 6.45) is 0. The summed E-state index contributed by atoms with van der Waals surface area (Å²) in [4.78, 5) is 0. The van der Waals surface area contributed by atoms with Crippen LogP contribution < -0.4 is 15.2 Å². The van der Waals surface area contributed by atoms with Crippen LogP contribution in [0.4, 0.5) is 4.39 Å². The molecule has 2 aromatic carbocycles. The number of methoxy groups -OCH3 is 1. The molecule has 0 amide bonds. The van der Waals surface area contributed by atoms with E-state index in [0.717, 1.165) is 16.9 Å². The molecule has 0 saturated carbocycles. The average Bonchev–Trinajstić information content (AvgIpc) is 2.45. The zero-order chi connectivity index (χ0) is 14.5. The topological polar surface area (TPSA) is 44.5 Å². The number of nitrogens with two attached hydrogens (primary N) is 1. The summed E-state index contributed by atoms with van der Waals surface area (Å²) in [5.74, 6) is 0.557. The highest BCUT2D eigenvalue weighted by molar-refractivity contribution is 5.32. The first-order chi connectivity index (χ1) is 9.60. The molecule has 20 heavy (non-hydrogen) atoms. The Bertz CT molecular complexity index is 584. The Morgan fingerprint density at radius 1 is 1.20 bits per heavy atom. The Hall–Kier alpha value is -2.07. The standard InChI is InChI=1S/C16H18FNO2/c1-11(18)13-4-3-5-14(9-13)20-10-12-6-7-16(19-2)15(17)8-12/h3-9,11H,10,18H2,1-2H3/t11-/m1/s1. The van der Waals surface area contributed by atoms with E-state index < -0.39 is 5.82 Å². The SMILES string of the molecule is COc1ccc(COc2cccc([C@@H](C)N)c2)cc1F. The lowest BCUT2D eigenvalue weighted by atomic mass is 10.1. The van der Waals surface area contributed by atoms with Gasteiger partial charge in [0.1, 0.15) is 12.4 Å². The van der Waals surface area contributed by atoms with E-state index in [1.54, 1.807) is 12.1 Å². The molecule has 0 radical (unpaired) electrons. The Morgan fingerprint density at radius 2 is 2.00 bits per heavy atom. The quantitative estimate of drug-likeness (QED) is 0.909. The van der Waals surface area contributed by atoms with Gasteiger partial charge in [0.2, 0.25) is 0 Å². The monoisotopic (exact) mass is 275 g/mol. The first kappa shape index (κ1) is 14.3. The molecular formula is C16H18FNO2. The largest absolute Gasteiger partial charge is 0.494 e. The normalized spacial score (nSPS) is 12.0. The lowest BCUT2D eigenvalue weighted by Gasteiger charge is -2.10. The highest BCUT2D eigenvalue weighted by atomic mass is 19.1. The molecule has 0 aliphatic rings. The zero-order valence-corrected chi connectivity index (χ0v) is 11.6. The van der Waals surface area contributed by atoms with Crippen molar-refractivity contribution in [2.45, 2.75) is 19.6 Å². The maximum atomic E-state index is 13.5. The molecule has 1 atom stereocenters. The van der Waals surface area contributed by atoms with Gasteiger partial charge in [0.15, 0.2) is 11.6 Å². The van der Waals surface area contributed by atoms with Crippen LogP contribution in [-0.4, -0.2) is 7.11 Å². The van der Waals surface area contributed by atoms with Gasteiger partial charge in [0.25, 0.3) is 0 Å². The van der Waals surface area contributed by atoms with Gasteiger partial charge in [-0.3, -0.25) is 0 Å². The summed E-state index contributed by atoms with van der Waals surface area (Å²) in [7, 11) is 1.44. The van der Waals surface area contributed by atoms with Gasteiger partial charge in [0, 0.05) is 6.04 Å². The molecular weight excluding hydrogens is 257 g/mol. The number of hydrogen-bond donors (Lipinski definition) is 1. The predicted octanol–water partition coefficient (Wildman–Crippen LogP) is 3.43. The Labute approximate surface area is 118 Å². The van der Waals surface area contributed by atoms with Crippen molar-refractivity contribution < 1.29 is 13.9 Å². The maximum absolute atomic E-state index is 13.5. The van der Waals surface area contributed by atoms with E-state index in [4.69, 9.17) is 15.2 Å². The van der Waals surface area contributed by atoms with Crippen molar-refractivity contribution in [3.8, 4) is 11.5 Å². The fourth-order valence-corrected chi connectivity index (χ4v) is 1.85. The summed E-state index contributed by atoms with van der Waals surface area (Å²) >= 11 is 0. The maximum Gasteiger partial charge on any atom is 0.165 e. The highest BCUT2D eigenvalue weighted by Gasteiger charge is 2.05. The number of hydrogen-bond acceptors (Lipinski definition) is 3. The minimum Gasteiger partial charge on any atom is -0.494 e. The summed E-state index contributed by atoms with van der Waals surface area (Å²) in [6, 6.07) is 12.3. The van der Waals surface area contributed by atoms with Crippen LogP contribution in [0.15, 0.2) is 42.5 Å². The summed E-state index contributed by atoms with van der Waals surface area (Å²) < 4.78 is 24.1. The van der Waals surface area contributed by atoms with Crippen LogP contribution in [0.5, 0.6) is 11.5 Å². The number of ether oxygens (including phenoxy) is 2. The molecule has 0 unspecified atom stereocenters. The van der Waals surface area contributed by atoms with E-state index >= 15 is 0 Å². The molecule has 2 rings (SSSR count). The first-order valence-corrected chi connectivity index (χ1v) is 6.41. The molecule has 0 heterocycles. The van der Waals surface area contributed by atoms with E-state index in [9.17, 15) is 4.39 Å². The van der Waals surface area contributed by atoms with Crippen molar-refractivity contribution in [2.75, 3.05) is 7.11 Å². The second kappa shape index (κ2) is 6.39. The Kier molecular flexibility index (Phi) is 4.58. The molecule has 0 aliphatic carbocycles. The summed E-state index contributed by atoms with van der Waals surface area (Å²) in [5, 5.41) is 0. The molecule has 0 bridgehead atoms. The van der Waals surface area contributed by atoms with Crippen LogP contribution in [0.1, 0.15) is 24.1 Å². The molecule has 4 heteroatoms. The van der Waals surface area contributed by atoms with Crippen molar-refractivity contribution in [3.05, 3.63) is 59.4 Å². The Balaban J connectivity index is 2.05. The zero-order valence-electron chi connectivity index (χ0n) is 11.6. The third kappa shape index (κ3) is 3.48. The van der Waals surface area contributed by atoms with Gasteiger partial charge in [-0.25, -0.2) is 4.39 Å². The van der Waals surface area contributed by atoms with E-state index in [1.165, 1.54) is 13.2 Å². The van der Waals surface area contributed by atoms with Crippen molar-refractivity contribution in [2.24, 2.45) is 5.73 Å². The van der Waals surface area contributed by atoms with Gasteiger partial charge in [-0.1, -0.05) is 18.2 Å². The molecule has 0 fully saturated rings. The van der Waals surface area contributed by atoms with Gasteiger partial charge in [-0.2, -0.15) is 0 Å². The van der Waals surface area contributed by atoms with Crippen LogP contribution in [-0.2, 0) is 6.61 Å². The molecule has 106 valence electrons. The van der Waals surface area contributed by atoms with Crippen molar-refractivity contribution in [1.29, 1.82) is 0 Å². The second-order valence-electron chi connectivity index (χ2n) is 4.62. The molecule has 2 aromatic rings. The fourth-order valence-electron chi connectivity index (χ4n) is 1.85. The van der Waals surface area contributed by atoms with Gasteiger partial charge in [-0.05, 0) is 42.3 Å². The third-order valence-electron chi connectivity index (χ3n) is 3.01. The van der Waals surface area contributed by atoms with Crippen LogP contribution in [0.2, 0.25) is 0 Å². The minimum atomic E-state index is -0.391. The van der Waals surface area contributed by atoms with Crippen LogP contribution >= 0.6 is 0 Å². The van der Waals surface area contributed by atoms with Crippen molar-refractivity contribution in [1.82, 2.24) is 0 Å². The van der Waals surface area contributed by atoms with E-state index in [2.05, 4.69) is 0 Å². The summed E-state index contributed by atoms with van der Waals surface area (Å²) in [6.45, 7) is 2.21. The molecule has 0 spiro atoms. The smallest absolute Gasteiger partial charge is 0.165 e. The lowest BCUT2D eigenvalue weighted by Crippen LogP contribution is -2.05. The first-order valence-electron chi connectivity index (χ1n) is 6.41. The number of benzene rings is 2. The summed E-state index contributed by atoms with van der Waals surface area (Å²) in [5.41, 5.74) is 7.57. The van der Waals surface area contributed by atoms with Gasteiger partial charge in [0.05, 0.1) is 7.11 Å². The average molecular weight is 275 g/mol. The van der Waals surface area contributed by atoms with Crippen molar-refractivity contribution in [3.63, 3.8) is 0 Å². The van der Waals surface area contributed by atoms with E-state index in [-0.39, 0.29) is 11.8 Å². The molecule has 3 nitrogen and oxygen atoms in total. The number of halogens is 1. The Morgan fingerprint density at radius 3 is 2.65 bits per heavy atom. The highest BCUT2D eigenvalue weighted by Crippen LogP contribution is 2.21. The third-order valence-corrected chi connectivity index (χ3v) is 3.01. The molecule has 0 aromatic heterocycles. The fraction of sp³-hybridized carbons (Fsp3) is 0.250. The van der Waals surface area contributed by atoms with Crippen LogP contribution in [0.3, 0.4) is 0 Å². The number of rotatable bonds is 5. The van der Waals surface area contributed by atoms with Gasteiger partial charge in [-0.15, -0.1) is 0 Å². The van der Waals surface area contributed by atoms with Gasteiger partial charge >= 0.3 is 0 Å². The minimum absolute atomic E-state index is 0.0445. The van der Waals surface area contributed by atoms with Crippen LogP contribution in [0, 0.1) is 5.82 Å². The van der Waals surface area contributed by atoms with E-state index in [1.807, 2.05) is 31.2 Å². The van der Waals surface area contributed by atoms with E-state index in [0.29, 0.717) is 6.61 Å². The second-order valence-corrected chi connectivity index (χ2v) is 4.62. The molecule has 0 aliphatic heterocycles. The van der Waals surface area contributed by atoms with Crippen molar-refractivity contribution >= 4 is 0 Å². The molecule has 0 saturated heterocycles. The predicted molar refractivity (Wildman–Crippen MR) is 76.3 cm³/mol.